The van der Waals surface area contributed by atoms with Crippen LogP contribution in [0.5, 0.6) is 0 Å². The van der Waals surface area contributed by atoms with Crippen molar-refractivity contribution in [2.45, 2.75) is 12.8 Å². The van der Waals surface area contributed by atoms with Gasteiger partial charge in [-0.25, -0.2) is 13.9 Å². The smallest absolute Gasteiger partial charge is 0.409 e. The van der Waals surface area contributed by atoms with Crippen LogP contribution in [0.3, 0.4) is 0 Å². The highest BCUT2D eigenvalue weighted by Crippen LogP contribution is 2.25. The molecule has 9 nitrogen and oxygen atoms in total. The van der Waals surface area contributed by atoms with Crippen molar-refractivity contribution in [1.82, 2.24) is 20.3 Å². The van der Waals surface area contributed by atoms with Gasteiger partial charge in [-0.2, -0.15) is 0 Å². The van der Waals surface area contributed by atoms with Gasteiger partial charge in [-0.1, -0.05) is 84.1 Å². The van der Waals surface area contributed by atoms with Crippen LogP contribution in [0.1, 0.15) is 27.7 Å². The number of aromatic nitrogens is 3. The monoisotopic (exact) mass is 523 g/mol. The Morgan fingerprint density at radius 3 is 2.31 bits per heavy atom. The number of ketones is 1. The van der Waals surface area contributed by atoms with E-state index in [1.807, 2.05) is 6.07 Å². The Bertz CT molecular complexity index is 1640. The molecule has 0 spiro atoms. The van der Waals surface area contributed by atoms with Crippen LogP contribution < -0.4 is 10.6 Å². The van der Waals surface area contributed by atoms with E-state index in [-0.39, 0.29) is 17.9 Å². The van der Waals surface area contributed by atoms with Crippen LogP contribution in [-0.4, -0.2) is 32.8 Å². The van der Waals surface area contributed by atoms with Gasteiger partial charge in [-0.15, -0.1) is 5.10 Å². The first-order chi connectivity index (χ1) is 19.0. The molecule has 1 aromatic heterocycles. The van der Waals surface area contributed by atoms with E-state index in [4.69, 9.17) is 4.74 Å². The van der Waals surface area contributed by atoms with Crippen molar-refractivity contribution in [3.8, 4) is 0 Å². The normalized spacial score (nSPS) is 11.5. The molecular weight excluding hydrogens is 501 g/mol. The summed E-state index contributed by atoms with van der Waals surface area (Å²) in [7, 11) is 0. The van der Waals surface area contributed by atoms with E-state index in [1.165, 1.54) is 16.8 Å². The lowest BCUT2D eigenvalue weighted by atomic mass is 10.0. The molecule has 1 heterocycles. The van der Waals surface area contributed by atoms with Gasteiger partial charge in [-0.05, 0) is 29.8 Å². The fraction of sp³-hybridized carbons (Fsp3) is 0.0690. The van der Waals surface area contributed by atoms with E-state index in [2.05, 4.69) is 20.9 Å². The van der Waals surface area contributed by atoms with Gasteiger partial charge in [0.2, 0.25) is 6.17 Å². The summed E-state index contributed by atoms with van der Waals surface area (Å²) in [6.45, 7) is -0.0395. The molecule has 0 bridgehead atoms. The zero-order valence-electron chi connectivity index (χ0n) is 20.5. The molecule has 194 valence electrons. The summed E-state index contributed by atoms with van der Waals surface area (Å²) >= 11 is 0. The molecule has 5 rings (SSSR count). The average molecular weight is 524 g/mol. The molecule has 4 aromatic carbocycles. The third-order valence-electron chi connectivity index (χ3n) is 5.88. The Kier molecular flexibility index (Phi) is 7.35. The number of alkyl carbamates (subject to hydrolysis) is 1. The van der Waals surface area contributed by atoms with Gasteiger partial charge in [-0.3, -0.25) is 14.9 Å². The van der Waals surface area contributed by atoms with E-state index < -0.39 is 29.8 Å². The largest absolute Gasteiger partial charge is 0.445 e. The molecule has 0 aliphatic carbocycles. The van der Waals surface area contributed by atoms with Gasteiger partial charge in [0.05, 0.1) is 11.2 Å². The number of benzene rings is 4. The Labute approximate surface area is 222 Å². The Hall–Kier alpha value is -5.38. The van der Waals surface area contributed by atoms with E-state index in [9.17, 15) is 14.4 Å². The summed E-state index contributed by atoms with van der Waals surface area (Å²) < 4.78 is 21.5. The van der Waals surface area contributed by atoms with E-state index in [0.717, 1.165) is 11.6 Å². The molecule has 0 saturated carbocycles. The van der Waals surface area contributed by atoms with Gasteiger partial charge in [0, 0.05) is 11.1 Å². The number of hydrogen-bond acceptors (Lipinski definition) is 6. The van der Waals surface area contributed by atoms with Crippen molar-refractivity contribution in [3.05, 3.63) is 126 Å². The lowest BCUT2D eigenvalue weighted by Crippen LogP contribution is -2.41. The van der Waals surface area contributed by atoms with Crippen molar-refractivity contribution >= 4 is 34.5 Å². The minimum Gasteiger partial charge on any atom is -0.445 e. The first-order valence-electron chi connectivity index (χ1n) is 12.0. The van der Waals surface area contributed by atoms with Crippen LogP contribution in [0.2, 0.25) is 0 Å². The third-order valence-corrected chi connectivity index (χ3v) is 5.88. The summed E-state index contributed by atoms with van der Waals surface area (Å²) in [6, 6.07) is 28.0. The quantitative estimate of drug-likeness (QED) is 0.281. The van der Waals surface area contributed by atoms with Gasteiger partial charge in [0.1, 0.15) is 17.9 Å². The van der Waals surface area contributed by atoms with Crippen molar-refractivity contribution in [2.24, 2.45) is 0 Å². The number of rotatable bonds is 8. The fourth-order valence-electron chi connectivity index (χ4n) is 3.97. The number of nitrogens with one attached hydrogen (secondary N) is 2. The molecule has 5 aromatic rings. The molecule has 0 saturated heterocycles. The van der Waals surface area contributed by atoms with Crippen LogP contribution in [0.25, 0.3) is 11.0 Å². The van der Waals surface area contributed by atoms with Crippen LogP contribution in [-0.2, 0) is 16.1 Å². The summed E-state index contributed by atoms with van der Waals surface area (Å²) in [4.78, 5) is 39.5. The summed E-state index contributed by atoms with van der Waals surface area (Å²) in [5.74, 6) is -2.17. The molecule has 2 amide bonds. The van der Waals surface area contributed by atoms with E-state index in [1.54, 1.807) is 78.9 Å². The molecule has 0 radical (unpaired) electrons. The molecule has 2 N–H and O–H groups in total. The van der Waals surface area contributed by atoms with Gasteiger partial charge in [0.15, 0.2) is 5.78 Å². The summed E-state index contributed by atoms with van der Waals surface area (Å²) in [5.41, 5.74) is 1.60. The number of carbonyl (C=O) groups is 3. The van der Waals surface area contributed by atoms with Crippen molar-refractivity contribution < 1.29 is 23.5 Å². The SMILES string of the molecule is O=C(NC(C(=O)Nc1c(F)cccc1C(=O)c1ccccc1)n1nnc2ccccc21)OCc1ccccc1. The minimum atomic E-state index is -1.49. The number of fused-ring (bicyclic) bond motifs is 1. The van der Waals surface area contributed by atoms with E-state index >= 15 is 4.39 Å². The third kappa shape index (κ3) is 5.64. The maximum absolute atomic E-state index is 15.0. The van der Waals surface area contributed by atoms with Crippen LogP contribution >= 0.6 is 0 Å². The van der Waals surface area contributed by atoms with E-state index in [0.29, 0.717) is 16.6 Å². The first-order valence-corrected chi connectivity index (χ1v) is 12.0. The Morgan fingerprint density at radius 2 is 1.54 bits per heavy atom. The molecule has 1 atom stereocenters. The van der Waals surface area contributed by atoms with Crippen molar-refractivity contribution in [1.29, 1.82) is 0 Å². The highest BCUT2D eigenvalue weighted by molar-refractivity contribution is 6.14. The van der Waals surface area contributed by atoms with Crippen molar-refractivity contribution in [3.63, 3.8) is 0 Å². The topological polar surface area (TPSA) is 115 Å². The first kappa shape index (κ1) is 25.3. The second-order valence-electron chi connectivity index (χ2n) is 8.48. The maximum atomic E-state index is 15.0. The number of ether oxygens (including phenoxy) is 1. The van der Waals surface area contributed by atoms with Gasteiger partial charge >= 0.3 is 6.09 Å². The van der Waals surface area contributed by atoms with Crippen LogP contribution in [0.15, 0.2) is 103 Å². The zero-order chi connectivity index (χ0) is 27.2. The second kappa shape index (κ2) is 11.3. The van der Waals surface area contributed by atoms with Gasteiger partial charge < -0.3 is 10.1 Å². The number of hydrogen-bond donors (Lipinski definition) is 2. The zero-order valence-corrected chi connectivity index (χ0v) is 20.5. The number of amides is 2. The number of halogens is 1. The number of carbonyl (C=O) groups excluding carboxylic acids is 3. The minimum absolute atomic E-state index is 0.0395. The Morgan fingerprint density at radius 1 is 0.846 bits per heavy atom. The van der Waals surface area contributed by atoms with Crippen LogP contribution in [0, 0.1) is 5.82 Å². The number of anilines is 1. The molecular formula is C29H22FN5O4. The molecule has 0 aliphatic heterocycles. The highest BCUT2D eigenvalue weighted by Gasteiger charge is 2.29. The average Bonchev–Trinajstić information content (AvgIpc) is 3.40. The fourth-order valence-corrected chi connectivity index (χ4v) is 3.97. The Balaban J connectivity index is 1.45. The molecule has 39 heavy (non-hydrogen) atoms. The number of para-hydroxylation sites is 2. The lowest BCUT2D eigenvalue weighted by molar-refractivity contribution is -0.120. The predicted octanol–water partition coefficient (Wildman–Crippen LogP) is 4.87. The van der Waals surface area contributed by atoms with Crippen molar-refractivity contribution in [2.75, 3.05) is 5.32 Å². The maximum Gasteiger partial charge on any atom is 0.409 e. The standard InChI is InChI=1S/C29H22FN5O4/c30-22-15-9-14-21(26(36)20-12-5-2-6-13-20)25(22)31-28(37)27(35-24-17-8-7-16-23(24)33-34-35)32-29(38)39-18-19-10-3-1-4-11-19/h1-17,27H,18H2,(H,31,37)(H,32,38). The van der Waals surface area contributed by atoms with Crippen LogP contribution in [0.4, 0.5) is 14.9 Å². The molecule has 10 heteroatoms. The molecule has 0 fully saturated rings. The summed E-state index contributed by atoms with van der Waals surface area (Å²) in [6.07, 6.45) is -2.40. The molecule has 1 unspecified atom stereocenters. The molecule has 0 aliphatic rings. The highest BCUT2D eigenvalue weighted by atomic mass is 19.1. The predicted molar refractivity (Wildman–Crippen MR) is 141 cm³/mol. The number of nitrogens with zero attached hydrogens (tertiary/aromatic N) is 3. The lowest BCUT2D eigenvalue weighted by Gasteiger charge is -2.20. The van der Waals surface area contributed by atoms with Gasteiger partial charge in [0.25, 0.3) is 5.91 Å². The summed E-state index contributed by atoms with van der Waals surface area (Å²) in [5, 5.41) is 13.0. The second-order valence-corrected chi connectivity index (χ2v) is 8.48.